The fraction of sp³-hybridized carbons (Fsp3) is 0.176. The zero-order chi connectivity index (χ0) is 16.7. The highest BCUT2D eigenvalue weighted by Gasteiger charge is 2.04. The van der Waals surface area contributed by atoms with Crippen LogP contribution in [-0.4, -0.2) is 18.7 Å². The van der Waals surface area contributed by atoms with Gasteiger partial charge < -0.3 is 16.2 Å². The van der Waals surface area contributed by atoms with Crippen molar-refractivity contribution in [2.45, 2.75) is 13.5 Å². The Kier molecular flexibility index (Phi) is 5.71. The molecular formula is C17H20N4O2. The van der Waals surface area contributed by atoms with Crippen molar-refractivity contribution in [3.63, 3.8) is 0 Å². The van der Waals surface area contributed by atoms with Gasteiger partial charge in [-0.05, 0) is 48.9 Å². The summed E-state index contributed by atoms with van der Waals surface area (Å²) in [6.07, 6.45) is 1.56. The number of hydrogen-bond donors (Lipinski definition) is 3. The van der Waals surface area contributed by atoms with Crippen molar-refractivity contribution in [2.24, 2.45) is 5.10 Å². The van der Waals surface area contributed by atoms with E-state index in [1.807, 2.05) is 13.0 Å². The summed E-state index contributed by atoms with van der Waals surface area (Å²) >= 11 is 0. The van der Waals surface area contributed by atoms with Crippen molar-refractivity contribution in [1.82, 2.24) is 5.43 Å². The molecule has 0 spiro atoms. The molecule has 5 N–H and O–H groups in total. The van der Waals surface area contributed by atoms with Crippen molar-refractivity contribution < 1.29 is 9.53 Å². The fourth-order valence-electron chi connectivity index (χ4n) is 1.94. The number of hydrazone groups is 1. The van der Waals surface area contributed by atoms with Crippen molar-refractivity contribution in [3.8, 4) is 0 Å². The molecule has 0 unspecified atom stereocenters. The van der Waals surface area contributed by atoms with E-state index in [0.717, 1.165) is 11.1 Å². The van der Waals surface area contributed by atoms with Gasteiger partial charge in [0.1, 0.15) is 0 Å². The lowest BCUT2D eigenvalue weighted by Crippen LogP contribution is -2.17. The van der Waals surface area contributed by atoms with Gasteiger partial charge in [-0.1, -0.05) is 6.07 Å². The molecule has 23 heavy (non-hydrogen) atoms. The average molecular weight is 312 g/mol. The highest BCUT2D eigenvalue weighted by atomic mass is 16.5. The minimum Gasteiger partial charge on any atom is -0.399 e. The molecule has 0 atom stereocenters. The van der Waals surface area contributed by atoms with E-state index in [1.165, 1.54) is 0 Å². The second-order valence-corrected chi connectivity index (χ2v) is 4.92. The summed E-state index contributed by atoms with van der Waals surface area (Å²) in [5.74, 6) is -0.309. The maximum atomic E-state index is 12.0. The van der Waals surface area contributed by atoms with Crippen LogP contribution in [0, 0.1) is 0 Å². The lowest BCUT2D eigenvalue weighted by Gasteiger charge is -2.07. The van der Waals surface area contributed by atoms with Crippen LogP contribution < -0.4 is 16.9 Å². The van der Waals surface area contributed by atoms with Crippen LogP contribution in [0.1, 0.15) is 28.4 Å². The fourth-order valence-corrected chi connectivity index (χ4v) is 1.94. The normalized spacial score (nSPS) is 10.8. The molecule has 0 aliphatic rings. The molecule has 0 aromatic heterocycles. The third kappa shape index (κ3) is 4.82. The number of anilines is 2. The Morgan fingerprint density at radius 2 is 1.87 bits per heavy atom. The van der Waals surface area contributed by atoms with Gasteiger partial charge >= 0.3 is 0 Å². The molecule has 0 bridgehead atoms. The van der Waals surface area contributed by atoms with E-state index < -0.39 is 0 Å². The maximum Gasteiger partial charge on any atom is 0.271 e. The SMILES string of the molecule is CCOCc1ccc(N)cc1/C=N/NC(=O)c1ccc(N)cc1. The highest BCUT2D eigenvalue weighted by Crippen LogP contribution is 2.13. The summed E-state index contributed by atoms with van der Waals surface area (Å²) in [4.78, 5) is 12.0. The molecule has 0 saturated heterocycles. The molecule has 0 heterocycles. The van der Waals surface area contributed by atoms with Gasteiger partial charge in [0.05, 0.1) is 12.8 Å². The Hall–Kier alpha value is -2.86. The molecule has 1 amide bonds. The molecule has 6 nitrogen and oxygen atoms in total. The van der Waals surface area contributed by atoms with E-state index in [2.05, 4.69) is 10.5 Å². The number of benzene rings is 2. The number of carbonyl (C=O) groups excluding carboxylic acids is 1. The van der Waals surface area contributed by atoms with Crippen molar-refractivity contribution in [1.29, 1.82) is 0 Å². The van der Waals surface area contributed by atoms with Gasteiger partial charge in [-0.25, -0.2) is 5.43 Å². The third-order valence-electron chi connectivity index (χ3n) is 3.17. The molecule has 0 saturated carbocycles. The van der Waals surface area contributed by atoms with Crippen LogP contribution in [0.3, 0.4) is 0 Å². The molecule has 0 radical (unpaired) electrons. The van der Waals surface area contributed by atoms with Crippen LogP contribution in [0.2, 0.25) is 0 Å². The zero-order valence-corrected chi connectivity index (χ0v) is 13.0. The molecular weight excluding hydrogens is 292 g/mol. The zero-order valence-electron chi connectivity index (χ0n) is 13.0. The minimum absolute atomic E-state index is 0.309. The lowest BCUT2D eigenvalue weighted by atomic mass is 10.1. The molecule has 2 rings (SSSR count). The van der Waals surface area contributed by atoms with Gasteiger partial charge in [0.2, 0.25) is 0 Å². The van der Waals surface area contributed by atoms with Gasteiger partial charge in [0.25, 0.3) is 5.91 Å². The smallest absolute Gasteiger partial charge is 0.271 e. The van der Waals surface area contributed by atoms with E-state index in [9.17, 15) is 4.79 Å². The van der Waals surface area contributed by atoms with Gasteiger partial charge in [-0.15, -0.1) is 0 Å². The first-order valence-electron chi connectivity index (χ1n) is 7.25. The van der Waals surface area contributed by atoms with Gasteiger partial charge in [-0.2, -0.15) is 5.10 Å². The maximum absolute atomic E-state index is 12.0. The summed E-state index contributed by atoms with van der Waals surface area (Å²) in [5, 5.41) is 3.98. The van der Waals surface area contributed by atoms with E-state index in [-0.39, 0.29) is 5.91 Å². The van der Waals surface area contributed by atoms with Gasteiger partial charge in [0.15, 0.2) is 0 Å². The predicted molar refractivity (Wildman–Crippen MR) is 92.1 cm³/mol. The van der Waals surface area contributed by atoms with Crippen LogP contribution >= 0.6 is 0 Å². The largest absolute Gasteiger partial charge is 0.399 e. The number of carbonyl (C=O) groups is 1. The van der Waals surface area contributed by atoms with Crippen LogP contribution in [-0.2, 0) is 11.3 Å². The van der Waals surface area contributed by atoms with Gasteiger partial charge in [0, 0.05) is 29.1 Å². The molecule has 0 fully saturated rings. The third-order valence-corrected chi connectivity index (χ3v) is 3.17. The van der Waals surface area contributed by atoms with Crippen LogP contribution in [0.5, 0.6) is 0 Å². The van der Waals surface area contributed by atoms with Crippen molar-refractivity contribution in [2.75, 3.05) is 18.1 Å². The average Bonchev–Trinajstić information content (AvgIpc) is 2.54. The molecule has 2 aromatic rings. The molecule has 120 valence electrons. The van der Waals surface area contributed by atoms with E-state index in [0.29, 0.717) is 30.2 Å². The van der Waals surface area contributed by atoms with E-state index in [1.54, 1.807) is 42.6 Å². The molecule has 2 aromatic carbocycles. The Morgan fingerprint density at radius 3 is 2.57 bits per heavy atom. The monoisotopic (exact) mass is 312 g/mol. The summed E-state index contributed by atoms with van der Waals surface area (Å²) < 4.78 is 5.41. The van der Waals surface area contributed by atoms with Crippen LogP contribution in [0.15, 0.2) is 47.6 Å². The number of nitrogens with zero attached hydrogens (tertiary/aromatic N) is 1. The first kappa shape index (κ1) is 16.5. The van der Waals surface area contributed by atoms with E-state index in [4.69, 9.17) is 16.2 Å². The number of nitrogens with two attached hydrogens (primary N) is 2. The Morgan fingerprint density at radius 1 is 1.17 bits per heavy atom. The summed E-state index contributed by atoms with van der Waals surface area (Å²) in [6, 6.07) is 12.1. The first-order valence-corrected chi connectivity index (χ1v) is 7.25. The predicted octanol–water partition coefficient (Wildman–Crippen LogP) is 2.15. The Bertz CT molecular complexity index is 696. The molecule has 0 aliphatic carbocycles. The topological polar surface area (TPSA) is 103 Å². The summed E-state index contributed by atoms with van der Waals surface area (Å²) in [6.45, 7) is 3.01. The number of nitrogen functional groups attached to an aromatic ring is 2. The Labute approximate surface area is 135 Å². The second-order valence-electron chi connectivity index (χ2n) is 4.92. The summed E-state index contributed by atoms with van der Waals surface area (Å²) in [7, 11) is 0. The first-order chi connectivity index (χ1) is 11.1. The molecule has 0 aliphatic heterocycles. The highest BCUT2D eigenvalue weighted by molar-refractivity contribution is 5.95. The second kappa shape index (κ2) is 7.95. The summed E-state index contributed by atoms with van der Waals surface area (Å²) in [5.41, 5.74) is 17.3. The quantitative estimate of drug-likeness (QED) is 0.432. The van der Waals surface area contributed by atoms with Gasteiger partial charge in [-0.3, -0.25) is 4.79 Å². The standard InChI is InChI=1S/C17H20N4O2/c1-2-23-11-13-5-8-16(19)9-14(13)10-20-21-17(22)12-3-6-15(18)7-4-12/h3-10H,2,11,18-19H2,1H3,(H,21,22)/b20-10+. The molecule has 6 heteroatoms. The van der Waals surface area contributed by atoms with Crippen LogP contribution in [0.4, 0.5) is 11.4 Å². The lowest BCUT2D eigenvalue weighted by molar-refractivity contribution is 0.0955. The Balaban J connectivity index is 2.06. The number of ether oxygens (including phenoxy) is 1. The number of hydrogen-bond acceptors (Lipinski definition) is 5. The number of nitrogens with one attached hydrogen (secondary N) is 1. The van der Waals surface area contributed by atoms with Crippen LogP contribution in [0.25, 0.3) is 0 Å². The van der Waals surface area contributed by atoms with Crippen molar-refractivity contribution >= 4 is 23.5 Å². The number of amides is 1. The minimum atomic E-state index is -0.309. The van der Waals surface area contributed by atoms with Crippen molar-refractivity contribution in [3.05, 3.63) is 59.2 Å². The number of rotatable bonds is 6. The van der Waals surface area contributed by atoms with E-state index >= 15 is 0 Å².